The van der Waals surface area contributed by atoms with Gasteiger partial charge in [0, 0.05) is 49.3 Å². The van der Waals surface area contributed by atoms with Gasteiger partial charge in [0.05, 0.1) is 12.6 Å². The number of rotatable bonds is 2. The molecule has 1 amide bonds. The molecule has 1 aromatic carbocycles. The Balaban J connectivity index is 1.49. The molecule has 4 rings (SSSR count). The van der Waals surface area contributed by atoms with Crippen molar-refractivity contribution in [1.82, 2.24) is 19.3 Å². The first-order valence-corrected chi connectivity index (χ1v) is 9.52. The highest BCUT2D eigenvalue weighted by Gasteiger charge is 2.29. The van der Waals surface area contributed by atoms with Gasteiger partial charge in [0.15, 0.2) is 0 Å². The third-order valence-corrected chi connectivity index (χ3v) is 5.87. The Morgan fingerprint density at radius 3 is 2.77 bits per heavy atom. The monoisotopic (exact) mass is 358 g/mol. The Bertz CT molecular complexity index is 817. The van der Waals surface area contributed by atoms with Crippen LogP contribution in [0.1, 0.15) is 19.0 Å². The van der Waals surface area contributed by atoms with Crippen molar-refractivity contribution in [3.05, 3.63) is 35.8 Å². The summed E-state index contributed by atoms with van der Waals surface area (Å²) in [5, 5.41) is 0.915. The Kier molecular flexibility index (Phi) is 4.71. The topological polar surface area (TPSA) is 31.7 Å². The molecule has 140 valence electrons. The van der Waals surface area contributed by atoms with Gasteiger partial charge in [-0.25, -0.2) is 4.39 Å². The second kappa shape index (κ2) is 7.00. The average molecular weight is 358 g/mol. The summed E-state index contributed by atoms with van der Waals surface area (Å²) in [5.74, 6) is -0.00891. The number of amides is 1. The van der Waals surface area contributed by atoms with Gasteiger partial charge in [0.2, 0.25) is 5.91 Å². The highest BCUT2D eigenvalue weighted by molar-refractivity contribution is 5.84. The SMILES string of the molecule is CC(C(=O)N1CCn2c(cc3cc(F)ccc32)C1)N1CCCN(C)CC1. The van der Waals surface area contributed by atoms with Crippen LogP contribution in [0.4, 0.5) is 4.39 Å². The number of carbonyl (C=O) groups is 1. The van der Waals surface area contributed by atoms with Crippen molar-refractivity contribution in [2.75, 3.05) is 39.8 Å². The quantitative estimate of drug-likeness (QED) is 0.824. The molecule has 2 aliphatic rings. The maximum Gasteiger partial charge on any atom is 0.240 e. The lowest BCUT2D eigenvalue weighted by molar-refractivity contribution is -0.137. The average Bonchev–Trinajstić information content (AvgIpc) is 2.84. The fourth-order valence-electron chi connectivity index (χ4n) is 4.25. The molecule has 1 atom stereocenters. The first-order chi connectivity index (χ1) is 12.5. The van der Waals surface area contributed by atoms with Crippen molar-refractivity contribution in [3.8, 4) is 0 Å². The normalized spacial score (nSPS) is 20.8. The van der Waals surface area contributed by atoms with E-state index in [0.29, 0.717) is 13.1 Å². The number of halogens is 1. The predicted octanol–water partition coefficient (Wildman–Crippen LogP) is 2.15. The molecule has 1 aromatic heterocycles. The Morgan fingerprint density at radius 1 is 1.08 bits per heavy atom. The molecule has 6 heteroatoms. The Morgan fingerprint density at radius 2 is 1.92 bits per heavy atom. The largest absolute Gasteiger partial charge is 0.341 e. The second-order valence-corrected chi connectivity index (χ2v) is 7.62. The van der Waals surface area contributed by atoms with Crippen molar-refractivity contribution in [2.45, 2.75) is 32.5 Å². The summed E-state index contributed by atoms with van der Waals surface area (Å²) < 4.78 is 15.7. The van der Waals surface area contributed by atoms with Crippen molar-refractivity contribution >= 4 is 16.8 Å². The lowest BCUT2D eigenvalue weighted by Crippen LogP contribution is -2.50. The highest BCUT2D eigenvalue weighted by Crippen LogP contribution is 2.25. The third-order valence-electron chi connectivity index (χ3n) is 5.87. The van der Waals surface area contributed by atoms with Gasteiger partial charge in [-0.05, 0) is 51.2 Å². The molecule has 0 spiro atoms. The minimum Gasteiger partial charge on any atom is -0.341 e. The number of likely N-dealkylation sites (N-methyl/N-ethyl adjacent to an activating group) is 1. The van der Waals surface area contributed by atoms with Crippen molar-refractivity contribution in [3.63, 3.8) is 0 Å². The minimum absolute atomic E-state index is 0.0881. The molecule has 26 heavy (non-hydrogen) atoms. The lowest BCUT2D eigenvalue weighted by Gasteiger charge is -2.34. The molecule has 1 unspecified atom stereocenters. The zero-order valence-corrected chi connectivity index (χ0v) is 15.6. The first-order valence-electron chi connectivity index (χ1n) is 9.52. The van der Waals surface area contributed by atoms with E-state index in [4.69, 9.17) is 0 Å². The molecular weight excluding hydrogens is 331 g/mol. The maximum atomic E-state index is 13.5. The van der Waals surface area contributed by atoms with Crippen molar-refractivity contribution in [1.29, 1.82) is 0 Å². The van der Waals surface area contributed by atoms with Crippen LogP contribution in [-0.2, 0) is 17.9 Å². The Hall–Kier alpha value is -1.92. The fourth-order valence-corrected chi connectivity index (χ4v) is 4.25. The van der Waals surface area contributed by atoms with Gasteiger partial charge < -0.3 is 14.4 Å². The number of hydrogen-bond acceptors (Lipinski definition) is 3. The molecule has 0 aliphatic carbocycles. The molecule has 0 radical (unpaired) electrons. The van der Waals surface area contributed by atoms with Crippen LogP contribution < -0.4 is 0 Å². The first kappa shape index (κ1) is 17.5. The van der Waals surface area contributed by atoms with Crippen LogP contribution in [0.15, 0.2) is 24.3 Å². The van der Waals surface area contributed by atoms with Crippen LogP contribution in [0.2, 0.25) is 0 Å². The van der Waals surface area contributed by atoms with Gasteiger partial charge in [-0.1, -0.05) is 0 Å². The Labute approximate surface area is 154 Å². The summed E-state index contributed by atoms with van der Waals surface area (Å²) in [5.41, 5.74) is 2.14. The van der Waals surface area contributed by atoms with E-state index < -0.39 is 0 Å². The highest BCUT2D eigenvalue weighted by atomic mass is 19.1. The van der Waals surface area contributed by atoms with Gasteiger partial charge >= 0.3 is 0 Å². The van der Waals surface area contributed by atoms with Gasteiger partial charge in [0.25, 0.3) is 0 Å². The number of fused-ring (bicyclic) bond motifs is 3. The van der Waals surface area contributed by atoms with Crippen LogP contribution in [-0.4, -0.2) is 71.0 Å². The molecule has 0 saturated carbocycles. The van der Waals surface area contributed by atoms with Crippen LogP contribution >= 0.6 is 0 Å². The van der Waals surface area contributed by atoms with E-state index in [9.17, 15) is 9.18 Å². The molecule has 1 saturated heterocycles. The second-order valence-electron chi connectivity index (χ2n) is 7.62. The standard InChI is InChI=1S/C20H27FN4O/c1-15(23-7-3-6-22(2)8-9-23)20(26)24-10-11-25-18(14-24)13-16-12-17(21)4-5-19(16)25/h4-5,12-13,15H,3,6-11,14H2,1-2H3. The van der Waals surface area contributed by atoms with Crippen LogP contribution in [0.5, 0.6) is 0 Å². The number of hydrogen-bond donors (Lipinski definition) is 0. The van der Waals surface area contributed by atoms with E-state index in [1.54, 1.807) is 6.07 Å². The summed E-state index contributed by atoms with van der Waals surface area (Å²) in [6.45, 7) is 8.15. The van der Waals surface area contributed by atoms with Crippen LogP contribution in [0.3, 0.4) is 0 Å². The molecule has 3 heterocycles. The molecule has 1 fully saturated rings. The molecule has 2 aromatic rings. The predicted molar refractivity (Wildman–Crippen MR) is 100 cm³/mol. The summed E-state index contributed by atoms with van der Waals surface area (Å²) in [7, 11) is 2.14. The van der Waals surface area contributed by atoms with E-state index in [0.717, 1.165) is 55.7 Å². The zero-order chi connectivity index (χ0) is 18.3. The summed E-state index contributed by atoms with van der Waals surface area (Å²) >= 11 is 0. The molecular formula is C20H27FN4O. The summed E-state index contributed by atoms with van der Waals surface area (Å²) in [6, 6.07) is 6.84. The zero-order valence-electron chi connectivity index (χ0n) is 15.6. The third kappa shape index (κ3) is 3.23. The smallest absolute Gasteiger partial charge is 0.240 e. The van der Waals surface area contributed by atoms with E-state index in [1.165, 1.54) is 6.07 Å². The molecule has 2 aliphatic heterocycles. The number of benzene rings is 1. The van der Waals surface area contributed by atoms with Gasteiger partial charge in [-0.3, -0.25) is 9.69 Å². The van der Waals surface area contributed by atoms with E-state index in [2.05, 4.69) is 21.4 Å². The molecule has 5 nitrogen and oxygen atoms in total. The number of nitrogens with zero attached hydrogens (tertiary/aromatic N) is 4. The summed E-state index contributed by atoms with van der Waals surface area (Å²) in [6.07, 6.45) is 1.11. The lowest BCUT2D eigenvalue weighted by atomic mass is 10.2. The summed E-state index contributed by atoms with van der Waals surface area (Å²) in [4.78, 5) is 19.7. The van der Waals surface area contributed by atoms with E-state index in [-0.39, 0.29) is 17.8 Å². The van der Waals surface area contributed by atoms with E-state index in [1.807, 2.05) is 24.0 Å². The number of aromatic nitrogens is 1. The minimum atomic E-state index is -0.215. The van der Waals surface area contributed by atoms with Gasteiger partial charge in [0.1, 0.15) is 5.82 Å². The van der Waals surface area contributed by atoms with Crippen LogP contribution in [0, 0.1) is 5.82 Å². The molecule has 0 bridgehead atoms. The van der Waals surface area contributed by atoms with Gasteiger partial charge in [-0.2, -0.15) is 0 Å². The fraction of sp³-hybridized carbons (Fsp3) is 0.550. The molecule has 0 N–H and O–H groups in total. The van der Waals surface area contributed by atoms with Crippen molar-refractivity contribution in [2.24, 2.45) is 0 Å². The maximum absolute atomic E-state index is 13.5. The van der Waals surface area contributed by atoms with Crippen molar-refractivity contribution < 1.29 is 9.18 Å². The van der Waals surface area contributed by atoms with E-state index >= 15 is 0 Å². The van der Waals surface area contributed by atoms with Crippen LogP contribution in [0.25, 0.3) is 10.9 Å². The van der Waals surface area contributed by atoms with Gasteiger partial charge in [-0.15, -0.1) is 0 Å². The number of carbonyl (C=O) groups excluding carboxylic acids is 1.